The Morgan fingerprint density at radius 2 is 1.27 bits per heavy atom. The summed E-state index contributed by atoms with van der Waals surface area (Å²) < 4.78 is 5.81. The molecule has 0 aromatic heterocycles. The zero-order valence-electron chi connectivity index (χ0n) is 17.7. The van der Waals surface area contributed by atoms with E-state index in [1.165, 1.54) is 6.92 Å². The molecule has 0 saturated heterocycles. The first kappa shape index (κ1) is 21.8. The summed E-state index contributed by atoms with van der Waals surface area (Å²) in [6, 6.07) is 27.0. The minimum Gasteiger partial charge on any atom is -0.492 e. The lowest BCUT2D eigenvalue weighted by molar-refractivity contribution is -0.0904. The van der Waals surface area contributed by atoms with Gasteiger partial charge in [-0.15, -0.1) is 0 Å². The third kappa shape index (κ3) is 5.57. The van der Waals surface area contributed by atoms with Crippen LogP contribution in [0.3, 0.4) is 0 Å². The van der Waals surface area contributed by atoms with E-state index in [9.17, 15) is 10.2 Å². The van der Waals surface area contributed by atoms with Crippen LogP contribution in [0.2, 0.25) is 0 Å². The number of ether oxygens (including phenoxy) is 1. The highest BCUT2D eigenvalue weighted by atomic mass is 16.5. The van der Waals surface area contributed by atoms with Crippen molar-refractivity contribution in [3.8, 4) is 5.75 Å². The van der Waals surface area contributed by atoms with Gasteiger partial charge in [0.1, 0.15) is 12.4 Å². The van der Waals surface area contributed by atoms with E-state index >= 15 is 0 Å². The molecule has 0 spiro atoms. The minimum absolute atomic E-state index is 0.454. The summed E-state index contributed by atoms with van der Waals surface area (Å²) in [6.07, 6.45) is 0. The van der Waals surface area contributed by atoms with Crippen LogP contribution in [-0.2, 0) is 0 Å². The Morgan fingerprint density at radius 1 is 0.767 bits per heavy atom. The Hall–Kier alpha value is -2.92. The molecule has 0 atom stereocenters. The van der Waals surface area contributed by atoms with Crippen LogP contribution in [0.15, 0.2) is 84.9 Å². The molecular weight excluding hydrogens is 374 g/mol. The Bertz CT molecular complexity index is 957. The Balaban J connectivity index is 2.11. The van der Waals surface area contributed by atoms with Crippen LogP contribution in [0.5, 0.6) is 5.75 Å². The van der Waals surface area contributed by atoms with E-state index in [0.29, 0.717) is 12.2 Å². The molecule has 0 fully saturated rings. The number of likely N-dealkylation sites (N-methyl/N-ethyl adjacent to an activating group) is 1. The molecule has 0 radical (unpaired) electrons. The maximum atomic E-state index is 10.7. The summed E-state index contributed by atoms with van der Waals surface area (Å²) in [5, 5.41) is 21.4. The van der Waals surface area contributed by atoms with E-state index in [2.05, 4.69) is 4.90 Å². The predicted octanol–water partition coefficient (Wildman–Crippen LogP) is 4.29. The van der Waals surface area contributed by atoms with Gasteiger partial charge in [0, 0.05) is 12.1 Å². The molecule has 0 saturated carbocycles. The van der Waals surface area contributed by atoms with Gasteiger partial charge in [-0.1, -0.05) is 72.8 Å². The molecule has 4 nitrogen and oxygen atoms in total. The number of benzene rings is 3. The topological polar surface area (TPSA) is 52.9 Å². The highest BCUT2D eigenvalue weighted by Gasteiger charge is 2.28. The molecule has 3 aromatic rings. The quantitative estimate of drug-likeness (QED) is 0.435. The number of aliphatic hydroxyl groups is 2. The van der Waals surface area contributed by atoms with Crippen molar-refractivity contribution >= 4 is 11.1 Å². The largest absolute Gasteiger partial charge is 0.492 e. The third-order valence-electron chi connectivity index (χ3n) is 4.80. The van der Waals surface area contributed by atoms with Crippen LogP contribution in [0.25, 0.3) is 11.1 Å². The van der Waals surface area contributed by atoms with Crippen molar-refractivity contribution in [3.63, 3.8) is 0 Å². The zero-order chi connectivity index (χ0) is 21.6. The van der Waals surface area contributed by atoms with Crippen molar-refractivity contribution in [2.24, 2.45) is 0 Å². The van der Waals surface area contributed by atoms with Gasteiger partial charge in [-0.25, -0.2) is 0 Å². The van der Waals surface area contributed by atoms with Crippen molar-refractivity contribution < 1.29 is 14.9 Å². The molecule has 0 aliphatic carbocycles. The molecule has 0 amide bonds. The number of rotatable bonds is 8. The summed E-state index contributed by atoms with van der Waals surface area (Å²) in [5.74, 6) is -1.24. The van der Waals surface area contributed by atoms with Gasteiger partial charge in [-0.2, -0.15) is 0 Å². The molecule has 0 bridgehead atoms. The molecule has 3 rings (SSSR count). The van der Waals surface area contributed by atoms with Crippen molar-refractivity contribution in [2.45, 2.75) is 12.7 Å². The third-order valence-corrected chi connectivity index (χ3v) is 4.80. The minimum atomic E-state index is -2.02. The second-order valence-electron chi connectivity index (χ2n) is 7.68. The maximum absolute atomic E-state index is 10.7. The number of nitrogens with zero attached hydrogens (tertiary/aromatic N) is 1. The van der Waals surface area contributed by atoms with Crippen molar-refractivity contribution in [3.05, 3.63) is 102 Å². The van der Waals surface area contributed by atoms with Crippen LogP contribution in [-0.4, -0.2) is 48.1 Å². The average Bonchev–Trinajstić information content (AvgIpc) is 2.73. The second-order valence-corrected chi connectivity index (χ2v) is 7.68. The Morgan fingerprint density at radius 3 is 1.77 bits per heavy atom. The van der Waals surface area contributed by atoms with Gasteiger partial charge in [0.05, 0.1) is 0 Å². The van der Waals surface area contributed by atoms with Crippen LogP contribution in [0, 0.1) is 0 Å². The highest BCUT2D eigenvalue weighted by Crippen LogP contribution is 2.38. The maximum Gasteiger partial charge on any atom is 0.188 e. The lowest BCUT2D eigenvalue weighted by atomic mass is 9.85. The van der Waals surface area contributed by atoms with Gasteiger partial charge in [-0.05, 0) is 55.4 Å². The fraction of sp³-hybridized carbons (Fsp3) is 0.231. The number of hydrogen-bond donors (Lipinski definition) is 2. The molecule has 0 unspecified atom stereocenters. The molecule has 0 aliphatic rings. The summed E-state index contributed by atoms with van der Waals surface area (Å²) in [4.78, 5) is 2.07. The summed E-state index contributed by atoms with van der Waals surface area (Å²) in [7, 11) is 4.02. The SMILES string of the molecule is CN(C)CCOc1ccc(/C(=C(\c2ccccc2)C(C)(O)O)c2ccccc2)cc1. The van der Waals surface area contributed by atoms with Gasteiger partial charge in [0.15, 0.2) is 5.79 Å². The van der Waals surface area contributed by atoms with Crippen LogP contribution in [0.4, 0.5) is 0 Å². The molecular formula is C26H29NO3. The van der Waals surface area contributed by atoms with Crippen LogP contribution >= 0.6 is 0 Å². The molecule has 30 heavy (non-hydrogen) atoms. The van der Waals surface area contributed by atoms with Crippen molar-refractivity contribution in [2.75, 3.05) is 27.2 Å². The molecule has 156 valence electrons. The molecule has 2 N–H and O–H groups in total. The van der Waals surface area contributed by atoms with Crippen molar-refractivity contribution in [1.82, 2.24) is 4.90 Å². The lowest BCUT2D eigenvalue weighted by Crippen LogP contribution is -2.26. The van der Waals surface area contributed by atoms with Crippen LogP contribution in [0.1, 0.15) is 23.6 Å². The average molecular weight is 404 g/mol. The van der Waals surface area contributed by atoms with Gasteiger partial charge in [-0.3, -0.25) is 0 Å². The summed E-state index contributed by atoms with van der Waals surface area (Å²) >= 11 is 0. The molecule has 4 heteroatoms. The van der Waals surface area contributed by atoms with Crippen LogP contribution < -0.4 is 4.74 Å². The fourth-order valence-electron chi connectivity index (χ4n) is 3.38. The zero-order valence-corrected chi connectivity index (χ0v) is 17.7. The van der Waals surface area contributed by atoms with E-state index in [1.807, 2.05) is 99.0 Å². The van der Waals surface area contributed by atoms with Gasteiger partial charge >= 0.3 is 0 Å². The highest BCUT2D eigenvalue weighted by molar-refractivity contribution is 6.00. The van der Waals surface area contributed by atoms with E-state index in [0.717, 1.165) is 34.6 Å². The smallest absolute Gasteiger partial charge is 0.188 e. The van der Waals surface area contributed by atoms with E-state index in [-0.39, 0.29) is 0 Å². The standard InChI is InChI=1S/C26H29NO3/c1-26(28,29)25(22-12-8-5-9-13-22)24(20-10-6-4-7-11-20)21-14-16-23(17-15-21)30-19-18-27(2)3/h4-17,28-29H,18-19H2,1-3H3/b25-24+. The van der Waals surface area contributed by atoms with Gasteiger partial charge in [0.2, 0.25) is 0 Å². The normalized spacial score (nSPS) is 12.6. The van der Waals surface area contributed by atoms with Gasteiger partial charge in [0.25, 0.3) is 0 Å². The van der Waals surface area contributed by atoms with E-state index in [1.54, 1.807) is 0 Å². The monoisotopic (exact) mass is 403 g/mol. The molecule has 0 aliphatic heterocycles. The Kier molecular flexibility index (Phi) is 7.06. The molecule has 0 heterocycles. The summed E-state index contributed by atoms with van der Waals surface area (Å²) in [6.45, 7) is 2.84. The lowest BCUT2D eigenvalue weighted by Gasteiger charge is -2.26. The predicted molar refractivity (Wildman–Crippen MR) is 122 cm³/mol. The van der Waals surface area contributed by atoms with Crippen molar-refractivity contribution in [1.29, 1.82) is 0 Å². The molecule has 3 aromatic carbocycles. The second kappa shape index (κ2) is 9.72. The number of hydrogen-bond acceptors (Lipinski definition) is 4. The first-order valence-electron chi connectivity index (χ1n) is 10.0. The Labute approximate surface area is 178 Å². The first-order chi connectivity index (χ1) is 14.4. The fourth-order valence-corrected chi connectivity index (χ4v) is 3.38. The van der Waals surface area contributed by atoms with Gasteiger partial charge < -0.3 is 19.8 Å². The van der Waals surface area contributed by atoms with E-state index < -0.39 is 5.79 Å². The van der Waals surface area contributed by atoms with E-state index in [4.69, 9.17) is 4.74 Å². The summed E-state index contributed by atoms with van der Waals surface area (Å²) in [5.41, 5.74) is 3.78. The first-order valence-corrected chi connectivity index (χ1v) is 10.0.